The molecule has 1 aliphatic rings. The van der Waals surface area contributed by atoms with Gasteiger partial charge >= 0.3 is 12.5 Å². The zero-order valence-corrected chi connectivity index (χ0v) is 9.45. The van der Waals surface area contributed by atoms with Crippen LogP contribution in [0.15, 0.2) is 0 Å². The molecule has 85 valence electrons. The normalized spacial score (nSPS) is 17.5. The molecule has 0 bridgehead atoms. The molecule has 1 rings (SSSR count). The molecule has 0 aromatic heterocycles. The highest BCUT2D eigenvalue weighted by Crippen LogP contribution is 2.11. The molecule has 1 radical (unpaired) electrons. The van der Waals surface area contributed by atoms with Gasteiger partial charge in [0.1, 0.15) is 5.60 Å². The van der Waals surface area contributed by atoms with Gasteiger partial charge in [-0.05, 0) is 20.8 Å². The maximum absolute atomic E-state index is 11.6. The smallest absolute Gasteiger partial charge is 0.410 e. The van der Waals surface area contributed by atoms with Crippen molar-refractivity contribution < 1.29 is 14.3 Å². The molecule has 1 fully saturated rings. The van der Waals surface area contributed by atoms with E-state index in [4.69, 9.17) is 4.74 Å². The highest BCUT2D eigenvalue weighted by atomic mass is 16.6. The lowest BCUT2D eigenvalue weighted by Crippen LogP contribution is -2.49. The molecule has 0 aromatic rings. The summed E-state index contributed by atoms with van der Waals surface area (Å²) >= 11 is 0. The van der Waals surface area contributed by atoms with E-state index in [1.165, 1.54) is 4.90 Å². The van der Waals surface area contributed by atoms with Gasteiger partial charge in [0.05, 0.1) is 0 Å². The summed E-state index contributed by atoms with van der Waals surface area (Å²) in [6.07, 6.45) is 1.50. The van der Waals surface area contributed by atoms with Gasteiger partial charge in [-0.25, -0.2) is 4.79 Å². The van der Waals surface area contributed by atoms with Crippen molar-refractivity contribution in [1.82, 2.24) is 9.80 Å². The molecule has 0 saturated carbocycles. The second-order valence-electron chi connectivity index (χ2n) is 4.55. The Kier molecular flexibility index (Phi) is 3.55. The Balaban J connectivity index is 2.40. The van der Waals surface area contributed by atoms with E-state index in [0.29, 0.717) is 26.2 Å². The van der Waals surface area contributed by atoms with Gasteiger partial charge in [-0.1, -0.05) is 0 Å². The summed E-state index contributed by atoms with van der Waals surface area (Å²) in [6.45, 7) is 7.60. The van der Waals surface area contributed by atoms with E-state index >= 15 is 0 Å². The van der Waals surface area contributed by atoms with Crippen molar-refractivity contribution in [3.05, 3.63) is 0 Å². The standard InChI is InChI=1S/C10H17N2O3/c1-10(2,3)15-9(14)12-6-4-11(8-13)5-7-12/h4-7H2,1-3H3. The summed E-state index contributed by atoms with van der Waals surface area (Å²) in [7, 11) is 0. The number of ether oxygens (including phenoxy) is 1. The third kappa shape index (κ3) is 3.77. The van der Waals surface area contributed by atoms with Crippen LogP contribution in [0.1, 0.15) is 20.8 Å². The summed E-state index contributed by atoms with van der Waals surface area (Å²) in [4.78, 5) is 25.1. The molecule has 0 atom stereocenters. The molecule has 1 heterocycles. The lowest BCUT2D eigenvalue weighted by atomic mass is 10.2. The zero-order chi connectivity index (χ0) is 11.5. The lowest BCUT2D eigenvalue weighted by molar-refractivity contribution is 0.0185. The fraction of sp³-hybridized carbons (Fsp3) is 0.800. The summed E-state index contributed by atoms with van der Waals surface area (Å²) in [6, 6.07) is 0. The first-order valence-electron chi connectivity index (χ1n) is 5.03. The van der Waals surface area contributed by atoms with Crippen LogP contribution in [0.4, 0.5) is 4.79 Å². The first kappa shape index (κ1) is 11.8. The Labute approximate surface area is 90.0 Å². The van der Waals surface area contributed by atoms with Gasteiger partial charge in [-0.2, -0.15) is 0 Å². The van der Waals surface area contributed by atoms with Gasteiger partial charge in [-0.3, -0.25) is 4.79 Å². The molecule has 0 aliphatic carbocycles. The molecule has 5 nitrogen and oxygen atoms in total. The van der Waals surface area contributed by atoms with E-state index in [-0.39, 0.29) is 6.09 Å². The molecule has 1 aliphatic heterocycles. The quantitative estimate of drug-likeness (QED) is 0.641. The molecular formula is C10H17N2O3. The molecule has 5 heteroatoms. The fourth-order valence-electron chi connectivity index (χ4n) is 1.31. The SMILES string of the molecule is CC(C)(C)OC(=O)N1CCN([C]=O)CC1. The van der Waals surface area contributed by atoms with Crippen molar-refractivity contribution in [3.8, 4) is 0 Å². The highest BCUT2D eigenvalue weighted by Gasteiger charge is 2.25. The van der Waals surface area contributed by atoms with Crippen molar-refractivity contribution in [2.24, 2.45) is 0 Å². The average molecular weight is 213 g/mol. The van der Waals surface area contributed by atoms with Crippen LogP contribution in [0.3, 0.4) is 0 Å². The third-order valence-corrected chi connectivity index (χ3v) is 2.06. The van der Waals surface area contributed by atoms with Crippen molar-refractivity contribution in [2.75, 3.05) is 26.2 Å². The molecule has 0 N–H and O–H groups in total. The van der Waals surface area contributed by atoms with Gasteiger partial charge < -0.3 is 14.5 Å². The minimum atomic E-state index is -0.467. The summed E-state index contributed by atoms with van der Waals surface area (Å²) in [5.74, 6) is 0. The highest BCUT2D eigenvalue weighted by molar-refractivity contribution is 5.68. The van der Waals surface area contributed by atoms with Crippen molar-refractivity contribution in [2.45, 2.75) is 26.4 Å². The Morgan fingerprint density at radius 2 is 1.73 bits per heavy atom. The lowest BCUT2D eigenvalue weighted by Gasteiger charge is -2.33. The zero-order valence-electron chi connectivity index (χ0n) is 9.45. The van der Waals surface area contributed by atoms with Crippen LogP contribution in [0.2, 0.25) is 0 Å². The number of hydrogen-bond acceptors (Lipinski definition) is 3. The number of piperazine rings is 1. The Bertz CT molecular complexity index is 240. The second kappa shape index (κ2) is 4.51. The van der Waals surface area contributed by atoms with Gasteiger partial charge in [0, 0.05) is 26.2 Å². The van der Waals surface area contributed by atoms with E-state index in [9.17, 15) is 9.59 Å². The van der Waals surface area contributed by atoms with E-state index in [2.05, 4.69) is 0 Å². The Morgan fingerprint density at radius 3 is 2.13 bits per heavy atom. The first-order valence-corrected chi connectivity index (χ1v) is 5.03. The summed E-state index contributed by atoms with van der Waals surface area (Å²) < 4.78 is 5.22. The predicted molar refractivity (Wildman–Crippen MR) is 55.1 cm³/mol. The largest absolute Gasteiger partial charge is 0.444 e. The minimum absolute atomic E-state index is 0.312. The van der Waals surface area contributed by atoms with Crippen molar-refractivity contribution in [1.29, 1.82) is 0 Å². The topological polar surface area (TPSA) is 49.9 Å². The monoisotopic (exact) mass is 213 g/mol. The predicted octanol–water partition coefficient (Wildman–Crippen LogP) is 0.606. The van der Waals surface area contributed by atoms with Crippen LogP contribution in [0.5, 0.6) is 0 Å². The minimum Gasteiger partial charge on any atom is -0.444 e. The Morgan fingerprint density at radius 1 is 1.20 bits per heavy atom. The molecule has 0 aromatic carbocycles. The van der Waals surface area contributed by atoms with Gasteiger partial charge in [0.25, 0.3) is 0 Å². The van der Waals surface area contributed by atoms with Crippen LogP contribution in [0.25, 0.3) is 0 Å². The average Bonchev–Trinajstić information content (AvgIpc) is 2.15. The van der Waals surface area contributed by atoms with Crippen LogP contribution in [-0.2, 0) is 9.53 Å². The van der Waals surface area contributed by atoms with E-state index in [1.54, 1.807) is 4.90 Å². The van der Waals surface area contributed by atoms with Crippen LogP contribution >= 0.6 is 0 Å². The maximum atomic E-state index is 11.6. The summed E-state index contributed by atoms with van der Waals surface area (Å²) in [5, 5.41) is 0. The number of carbonyl (C=O) groups excluding carboxylic acids is 2. The van der Waals surface area contributed by atoms with Crippen LogP contribution < -0.4 is 0 Å². The van der Waals surface area contributed by atoms with Crippen LogP contribution in [0, 0.1) is 0 Å². The van der Waals surface area contributed by atoms with E-state index in [0.717, 1.165) is 0 Å². The maximum Gasteiger partial charge on any atom is 0.410 e. The molecular weight excluding hydrogens is 196 g/mol. The van der Waals surface area contributed by atoms with Gasteiger partial charge in [0.15, 0.2) is 0 Å². The second-order valence-corrected chi connectivity index (χ2v) is 4.55. The fourth-order valence-corrected chi connectivity index (χ4v) is 1.31. The third-order valence-electron chi connectivity index (χ3n) is 2.06. The van der Waals surface area contributed by atoms with Gasteiger partial charge in [-0.15, -0.1) is 0 Å². The Hall–Kier alpha value is -1.26. The van der Waals surface area contributed by atoms with Crippen LogP contribution in [-0.4, -0.2) is 54.1 Å². The van der Waals surface area contributed by atoms with E-state index < -0.39 is 5.60 Å². The number of rotatable bonds is 1. The number of hydrogen-bond donors (Lipinski definition) is 0. The molecule has 1 saturated heterocycles. The molecule has 2 amide bonds. The number of amides is 2. The van der Waals surface area contributed by atoms with Gasteiger partial charge in [0.2, 0.25) is 0 Å². The van der Waals surface area contributed by atoms with E-state index in [1.807, 2.05) is 27.2 Å². The first-order chi connectivity index (χ1) is 6.92. The van der Waals surface area contributed by atoms with Crippen molar-refractivity contribution in [3.63, 3.8) is 0 Å². The molecule has 0 unspecified atom stereocenters. The number of carbonyl (C=O) groups is 1. The number of nitrogens with zero attached hydrogens (tertiary/aromatic N) is 2. The summed E-state index contributed by atoms with van der Waals surface area (Å²) in [5.41, 5.74) is -0.467. The van der Waals surface area contributed by atoms with Crippen molar-refractivity contribution >= 4 is 12.5 Å². The molecule has 15 heavy (non-hydrogen) atoms. The molecule has 0 spiro atoms.